The molecule has 142 valence electrons. The smallest absolute Gasteiger partial charge is 0.338 e. The first-order chi connectivity index (χ1) is 12.2. The van der Waals surface area contributed by atoms with Crippen molar-refractivity contribution in [3.8, 4) is 0 Å². The molecule has 1 aromatic carbocycles. The van der Waals surface area contributed by atoms with E-state index >= 15 is 0 Å². The number of hydrogen-bond acceptors (Lipinski definition) is 2. The van der Waals surface area contributed by atoms with Gasteiger partial charge in [0.15, 0.2) is 0 Å². The molecule has 4 bridgehead atoms. The van der Waals surface area contributed by atoms with E-state index in [9.17, 15) is 4.79 Å². The Morgan fingerprint density at radius 3 is 1.96 bits per heavy atom. The Morgan fingerprint density at radius 2 is 1.50 bits per heavy atom. The van der Waals surface area contributed by atoms with Crippen molar-refractivity contribution in [1.82, 2.24) is 0 Å². The minimum Gasteiger partial charge on any atom is -0.455 e. The molecule has 0 heterocycles. The van der Waals surface area contributed by atoms with Crippen LogP contribution in [0.4, 0.5) is 0 Å². The predicted molar refractivity (Wildman–Crippen MR) is 105 cm³/mol. The van der Waals surface area contributed by atoms with E-state index in [-0.39, 0.29) is 17.0 Å². The van der Waals surface area contributed by atoms with E-state index < -0.39 is 0 Å². The van der Waals surface area contributed by atoms with Crippen molar-refractivity contribution in [2.24, 2.45) is 29.1 Å². The van der Waals surface area contributed by atoms with E-state index in [0.29, 0.717) is 23.3 Å². The van der Waals surface area contributed by atoms with E-state index in [1.807, 2.05) is 12.1 Å². The molecule has 0 amide bonds. The van der Waals surface area contributed by atoms with Crippen LogP contribution in [0.1, 0.15) is 88.6 Å². The lowest BCUT2D eigenvalue weighted by Gasteiger charge is -2.59. The molecule has 4 fully saturated rings. The van der Waals surface area contributed by atoms with Crippen molar-refractivity contribution in [1.29, 1.82) is 0 Å². The SMILES string of the molecule is CC(c1ccc(C(=O)OC2(C)C3CC4CC(C3)CC2C4)cc1)C(C)(C)C. The van der Waals surface area contributed by atoms with Crippen molar-refractivity contribution in [3.63, 3.8) is 0 Å². The van der Waals surface area contributed by atoms with Gasteiger partial charge in [0.1, 0.15) is 5.60 Å². The van der Waals surface area contributed by atoms with Gasteiger partial charge in [0.05, 0.1) is 5.56 Å². The van der Waals surface area contributed by atoms with Gasteiger partial charge in [-0.1, -0.05) is 39.8 Å². The molecule has 4 aliphatic rings. The molecule has 0 radical (unpaired) electrons. The summed E-state index contributed by atoms with van der Waals surface area (Å²) in [5.41, 5.74) is 1.96. The number of carbonyl (C=O) groups excluding carboxylic acids is 1. The Kier molecular flexibility index (Phi) is 4.24. The topological polar surface area (TPSA) is 26.3 Å². The maximum absolute atomic E-state index is 12.9. The lowest BCUT2D eigenvalue weighted by Crippen LogP contribution is -2.58. The molecular weight excluding hydrogens is 320 g/mol. The van der Waals surface area contributed by atoms with Gasteiger partial charge < -0.3 is 4.74 Å². The minimum absolute atomic E-state index is 0.130. The molecule has 26 heavy (non-hydrogen) atoms. The third-order valence-electron chi connectivity index (χ3n) is 8.02. The van der Waals surface area contributed by atoms with Crippen LogP contribution in [-0.2, 0) is 4.74 Å². The molecule has 2 nitrogen and oxygen atoms in total. The zero-order chi connectivity index (χ0) is 18.7. The van der Waals surface area contributed by atoms with Gasteiger partial charge in [0.2, 0.25) is 0 Å². The summed E-state index contributed by atoms with van der Waals surface area (Å²) < 4.78 is 6.23. The summed E-state index contributed by atoms with van der Waals surface area (Å²) in [5, 5.41) is 0. The van der Waals surface area contributed by atoms with E-state index in [2.05, 4.69) is 46.8 Å². The van der Waals surface area contributed by atoms with Crippen LogP contribution in [0.15, 0.2) is 24.3 Å². The fourth-order valence-electron chi connectivity index (χ4n) is 5.95. The van der Waals surface area contributed by atoms with Gasteiger partial charge in [-0.05, 0) is 91.7 Å². The number of ether oxygens (including phenoxy) is 1. The van der Waals surface area contributed by atoms with Crippen LogP contribution in [0.3, 0.4) is 0 Å². The molecule has 0 aromatic heterocycles. The standard InChI is InChI=1S/C24H34O2/c1-15(23(2,3)4)18-6-8-19(9-7-18)22(25)26-24(5)20-11-16-10-17(13-20)14-21(24)12-16/h6-9,15-17,20-21H,10-14H2,1-5H3. The van der Waals surface area contributed by atoms with E-state index in [1.165, 1.54) is 37.7 Å². The monoisotopic (exact) mass is 354 g/mol. The average Bonchev–Trinajstić information content (AvgIpc) is 2.58. The lowest BCUT2D eigenvalue weighted by molar-refractivity contribution is -0.165. The molecule has 1 unspecified atom stereocenters. The van der Waals surface area contributed by atoms with Gasteiger partial charge in [-0.2, -0.15) is 0 Å². The molecular formula is C24H34O2. The molecule has 5 rings (SSSR count). The van der Waals surface area contributed by atoms with Crippen molar-refractivity contribution < 1.29 is 9.53 Å². The maximum atomic E-state index is 12.9. The Hall–Kier alpha value is -1.31. The number of esters is 1. The second-order valence-electron chi connectivity index (χ2n) is 10.6. The Morgan fingerprint density at radius 1 is 1.00 bits per heavy atom. The summed E-state index contributed by atoms with van der Waals surface area (Å²) >= 11 is 0. The summed E-state index contributed by atoms with van der Waals surface area (Å²) in [6.45, 7) is 11.2. The van der Waals surface area contributed by atoms with E-state index in [0.717, 1.165) is 11.8 Å². The zero-order valence-corrected chi connectivity index (χ0v) is 17.0. The summed E-state index contributed by atoms with van der Waals surface area (Å²) in [6, 6.07) is 8.12. The first-order valence-corrected chi connectivity index (χ1v) is 10.5. The zero-order valence-electron chi connectivity index (χ0n) is 17.0. The number of rotatable bonds is 3. The third kappa shape index (κ3) is 3.00. The molecule has 0 N–H and O–H groups in total. The highest BCUT2D eigenvalue weighted by atomic mass is 16.6. The summed E-state index contributed by atoms with van der Waals surface area (Å²) in [5.74, 6) is 3.25. The van der Waals surface area contributed by atoms with E-state index in [1.54, 1.807) is 0 Å². The predicted octanol–water partition coefficient (Wildman–Crippen LogP) is 6.21. The fraction of sp³-hybridized carbons (Fsp3) is 0.708. The van der Waals surface area contributed by atoms with Crippen LogP contribution in [-0.4, -0.2) is 11.6 Å². The highest BCUT2D eigenvalue weighted by Crippen LogP contribution is 2.59. The highest BCUT2D eigenvalue weighted by molar-refractivity contribution is 5.89. The van der Waals surface area contributed by atoms with Gasteiger partial charge in [0.25, 0.3) is 0 Å². The molecule has 1 atom stereocenters. The first-order valence-electron chi connectivity index (χ1n) is 10.5. The summed E-state index contributed by atoms with van der Waals surface area (Å²) in [6.07, 6.45) is 6.47. The number of benzene rings is 1. The second-order valence-corrected chi connectivity index (χ2v) is 10.6. The summed E-state index contributed by atoms with van der Waals surface area (Å²) in [7, 11) is 0. The average molecular weight is 355 g/mol. The van der Waals surface area contributed by atoms with Gasteiger partial charge in [-0.25, -0.2) is 4.79 Å². The van der Waals surface area contributed by atoms with Gasteiger partial charge in [-0.15, -0.1) is 0 Å². The fourth-order valence-corrected chi connectivity index (χ4v) is 5.95. The minimum atomic E-state index is -0.248. The van der Waals surface area contributed by atoms with Gasteiger partial charge >= 0.3 is 5.97 Å². The van der Waals surface area contributed by atoms with Crippen LogP contribution in [0, 0.1) is 29.1 Å². The van der Waals surface area contributed by atoms with Crippen LogP contribution < -0.4 is 0 Å². The maximum Gasteiger partial charge on any atom is 0.338 e. The van der Waals surface area contributed by atoms with E-state index in [4.69, 9.17) is 4.74 Å². The highest BCUT2D eigenvalue weighted by Gasteiger charge is 2.57. The number of carbonyl (C=O) groups is 1. The second kappa shape index (κ2) is 6.11. The number of hydrogen-bond donors (Lipinski definition) is 0. The third-order valence-corrected chi connectivity index (χ3v) is 8.02. The quantitative estimate of drug-likeness (QED) is 0.603. The Labute approximate surface area is 158 Å². The molecule has 0 spiro atoms. The van der Waals surface area contributed by atoms with Crippen LogP contribution >= 0.6 is 0 Å². The Bertz CT molecular complexity index is 651. The van der Waals surface area contributed by atoms with Crippen molar-refractivity contribution in [2.75, 3.05) is 0 Å². The van der Waals surface area contributed by atoms with Gasteiger partial charge in [-0.3, -0.25) is 0 Å². The van der Waals surface area contributed by atoms with Crippen LogP contribution in [0.5, 0.6) is 0 Å². The first kappa shape index (κ1) is 18.1. The lowest BCUT2D eigenvalue weighted by atomic mass is 9.50. The van der Waals surface area contributed by atoms with Crippen LogP contribution in [0.25, 0.3) is 0 Å². The van der Waals surface area contributed by atoms with Crippen molar-refractivity contribution in [3.05, 3.63) is 35.4 Å². The van der Waals surface area contributed by atoms with Gasteiger partial charge in [0, 0.05) is 0 Å². The van der Waals surface area contributed by atoms with Crippen LogP contribution in [0.2, 0.25) is 0 Å². The van der Waals surface area contributed by atoms with Crippen molar-refractivity contribution in [2.45, 2.75) is 78.2 Å². The normalized spacial score (nSPS) is 36.8. The molecule has 2 heteroatoms. The molecule has 4 aliphatic carbocycles. The molecule has 1 aromatic rings. The largest absolute Gasteiger partial charge is 0.455 e. The Balaban J connectivity index is 1.48. The summed E-state index contributed by atoms with van der Waals surface area (Å²) in [4.78, 5) is 12.9. The van der Waals surface area contributed by atoms with Crippen molar-refractivity contribution >= 4 is 5.97 Å². The molecule has 4 saturated carbocycles. The molecule has 0 aliphatic heterocycles. The molecule has 0 saturated heterocycles.